The van der Waals surface area contributed by atoms with Gasteiger partial charge in [-0.1, -0.05) is 12.1 Å². The highest BCUT2D eigenvalue weighted by molar-refractivity contribution is 5.67. The molecule has 1 amide bonds. The molecule has 20 heavy (non-hydrogen) atoms. The number of aliphatic hydroxyl groups excluding tert-OH is 1. The summed E-state index contributed by atoms with van der Waals surface area (Å²) in [6.45, 7) is 6.45. The molecule has 1 aromatic carbocycles. The lowest BCUT2D eigenvalue weighted by molar-refractivity contribution is 0.0525. The molecule has 0 saturated heterocycles. The fourth-order valence-corrected chi connectivity index (χ4v) is 1.50. The molecular weight excluding hydrogens is 258 g/mol. The van der Waals surface area contributed by atoms with Crippen LogP contribution in [0.4, 0.5) is 4.79 Å². The average Bonchev–Trinajstić information content (AvgIpc) is 2.36. The van der Waals surface area contributed by atoms with Gasteiger partial charge in [-0.3, -0.25) is 0 Å². The number of ether oxygens (including phenoxy) is 2. The molecule has 0 unspecified atom stereocenters. The van der Waals surface area contributed by atoms with Gasteiger partial charge in [-0.05, 0) is 44.9 Å². The zero-order chi connectivity index (χ0) is 15.0. The van der Waals surface area contributed by atoms with E-state index in [4.69, 9.17) is 14.6 Å². The van der Waals surface area contributed by atoms with Gasteiger partial charge in [0.1, 0.15) is 11.4 Å². The third-order valence-electron chi connectivity index (χ3n) is 2.34. The fourth-order valence-electron chi connectivity index (χ4n) is 1.50. The third kappa shape index (κ3) is 6.99. The van der Waals surface area contributed by atoms with Crippen LogP contribution in [0.25, 0.3) is 0 Å². The number of rotatable bonds is 6. The number of carbonyl (C=O) groups is 1. The summed E-state index contributed by atoms with van der Waals surface area (Å²) < 4.78 is 10.6. The van der Waals surface area contributed by atoms with Crippen LogP contribution >= 0.6 is 0 Å². The lowest BCUT2D eigenvalue weighted by Crippen LogP contribution is -2.33. The summed E-state index contributed by atoms with van der Waals surface area (Å²) in [6.07, 6.45) is 0.266. The minimum absolute atomic E-state index is 0.00258. The maximum Gasteiger partial charge on any atom is 0.407 e. The fraction of sp³-hybridized carbons (Fsp3) is 0.533. The highest BCUT2D eigenvalue weighted by atomic mass is 16.6. The van der Waals surface area contributed by atoms with Crippen molar-refractivity contribution in [2.24, 2.45) is 0 Å². The topological polar surface area (TPSA) is 67.8 Å². The first kappa shape index (κ1) is 16.3. The minimum Gasteiger partial charge on any atom is -0.494 e. The lowest BCUT2D eigenvalue weighted by Gasteiger charge is -2.19. The number of hydrogen-bond donors (Lipinski definition) is 2. The molecule has 0 aliphatic heterocycles. The summed E-state index contributed by atoms with van der Waals surface area (Å²) in [5, 5.41) is 11.7. The lowest BCUT2D eigenvalue weighted by atomic mass is 10.2. The number of aliphatic hydroxyl groups is 1. The molecule has 0 aliphatic carbocycles. The number of carbonyl (C=O) groups excluding carboxylic acids is 1. The molecule has 2 N–H and O–H groups in total. The SMILES string of the molecule is CC(C)(C)OC(=O)NCCCOc1cccc(CO)c1. The molecule has 1 aromatic rings. The predicted octanol–water partition coefficient (Wildman–Crippen LogP) is 2.47. The molecule has 0 heterocycles. The molecule has 5 heteroatoms. The molecule has 0 bridgehead atoms. The van der Waals surface area contributed by atoms with Gasteiger partial charge in [0.15, 0.2) is 0 Å². The van der Waals surface area contributed by atoms with Crippen LogP contribution in [0.5, 0.6) is 5.75 Å². The van der Waals surface area contributed by atoms with E-state index < -0.39 is 11.7 Å². The van der Waals surface area contributed by atoms with E-state index in [1.807, 2.05) is 39.0 Å². The molecular formula is C15H23NO4. The Balaban J connectivity index is 2.17. The highest BCUT2D eigenvalue weighted by Crippen LogP contribution is 2.13. The smallest absolute Gasteiger partial charge is 0.407 e. The van der Waals surface area contributed by atoms with Crippen LogP contribution in [-0.4, -0.2) is 30.0 Å². The molecule has 1 rings (SSSR count). The van der Waals surface area contributed by atoms with E-state index in [9.17, 15) is 4.79 Å². The molecule has 5 nitrogen and oxygen atoms in total. The van der Waals surface area contributed by atoms with Crippen molar-refractivity contribution in [2.75, 3.05) is 13.2 Å². The molecule has 0 atom stereocenters. The summed E-state index contributed by atoms with van der Waals surface area (Å²) in [5.41, 5.74) is 0.333. The Morgan fingerprint density at radius 1 is 1.35 bits per heavy atom. The summed E-state index contributed by atoms with van der Waals surface area (Å²) in [5.74, 6) is 0.716. The number of hydrogen-bond acceptors (Lipinski definition) is 4. The van der Waals surface area contributed by atoms with Gasteiger partial charge in [0.05, 0.1) is 13.2 Å². The van der Waals surface area contributed by atoms with Gasteiger partial charge in [0.25, 0.3) is 0 Å². The summed E-state index contributed by atoms with van der Waals surface area (Å²) in [4.78, 5) is 11.4. The predicted molar refractivity (Wildman–Crippen MR) is 76.7 cm³/mol. The Morgan fingerprint density at radius 2 is 2.10 bits per heavy atom. The van der Waals surface area contributed by atoms with E-state index in [2.05, 4.69) is 5.32 Å². The first-order chi connectivity index (χ1) is 9.40. The molecule has 0 saturated carbocycles. The Kier molecular flexibility index (Phi) is 6.31. The first-order valence-electron chi connectivity index (χ1n) is 6.70. The van der Waals surface area contributed by atoms with Crippen LogP contribution in [0, 0.1) is 0 Å². The average molecular weight is 281 g/mol. The van der Waals surface area contributed by atoms with Crippen molar-refractivity contribution < 1.29 is 19.4 Å². The zero-order valence-corrected chi connectivity index (χ0v) is 12.3. The van der Waals surface area contributed by atoms with Gasteiger partial charge < -0.3 is 19.9 Å². The number of alkyl carbamates (subject to hydrolysis) is 1. The van der Waals surface area contributed by atoms with Crippen LogP contribution < -0.4 is 10.1 Å². The van der Waals surface area contributed by atoms with E-state index >= 15 is 0 Å². The summed E-state index contributed by atoms with van der Waals surface area (Å²) in [7, 11) is 0. The number of benzene rings is 1. The van der Waals surface area contributed by atoms with E-state index in [0.29, 0.717) is 25.3 Å². The van der Waals surface area contributed by atoms with Crippen LogP contribution in [-0.2, 0) is 11.3 Å². The molecule has 0 fully saturated rings. The Hall–Kier alpha value is -1.75. The standard InChI is InChI=1S/C15H23NO4/c1-15(2,3)20-14(18)16-8-5-9-19-13-7-4-6-12(10-13)11-17/h4,6-7,10,17H,5,8-9,11H2,1-3H3,(H,16,18). The van der Waals surface area contributed by atoms with Gasteiger partial charge >= 0.3 is 6.09 Å². The third-order valence-corrected chi connectivity index (χ3v) is 2.34. The second kappa shape index (κ2) is 7.75. The Bertz CT molecular complexity index is 426. The normalized spacial score (nSPS) is 11.0. The van der Waals surface area contributed by atoms with Crippen molar-refractivity contribution in [2.45, 2.75) is 39.4 Å². The highest BCUT2D eigenvalue weighted by Gasteiger charge is 2.15. The Labute approximate surface area is 119 Å². The Morgan fingerprint density at radius 3 is 2.75 bits per heavy atom. The maximum absolute atomic E-state index is 11.4. The van der Waals surface area contributed by atoms with E-state index in [1.54, 1.807) is 6.07 Å². The van der Waals surface area contributed by atoms with Gasteiger partial charge in [-0.25, -0.2) is 4.79 Å². The van der Waals surface area contributed by atoms with Crippen molar-refractivity contribution in [3.05, 3.63) is 29.8 Å². The molecule has 0 aromatic heterocycles. The second-order valence-corrected chi connectivity index (χ2v) is 5.44. The quantitative estimate of drug-likeness (QED) is 0.786. The van der Waals surface area contributed by atoms with Gasteiger partial charge in [-0.15, -0.1) is 0 Å². The van der Waals surface area contributed by atoms with Gasteiger partial charge in [-0.2, -0.15) is 0 Å². The van der Waals surface area contributed by atoms with Crippen LogP contribution in [0.3, 0.4) is 0 Å². The van der Waals surface area contributed by atoms with Crippen LogP contribution in [0.1, 0.15) is 32.8 Å². The molecule has 0 radical (unpaired) electrons. The number of nitrogens with one attached hydrogen (secondary N) is 1. The maximum atomic E-state index is 11.4. The zero-order valence-electron chi connectivity index (χ0n) is 12.3. The van der Waals surface area contributed by atoms with Crippen LogP contribution in [0.2, 0.25) is 0 Å². The van der Waals surface area contributed by atoms with Gasteiger partial charge in [0.2, 0.25) is 0 Å². The second-order valence-electron chi connectivity index (χ2n) is 5.44. The monoisotopic (exact) mass is 281 g/mol. The molecule has 0 aliphatic rings. The largest absolute Gasteiger partial charge is 0.494 e. The number of amides is 1. The van der Waals surface area contributed by atoms with Crippen molar-refractivity contribution in [3.8, 4) is 5.75 Å². The van der Waals surface area contributed by atoms with Crippen molar-refractivity contribution in [1.29, 1.82) is 0 Å². The summed E-state index contributed by atoms with van der Waals surface area (Å²) in [6, 6.07) is 7.29. The van der Waals surface area contributed by atoms with Gasteiger partial charge in [0, 0.05) is 6.54 Å². The van der Waals surface area contributed by atoms with Crippen molar-refractivity contribution in [3.63, 3.8) is 0 Å². The van der Waals surface area contributed by atoms with Crippen molar-refractivity contribution in [1.82, 2.24) is 5.32 Å². The van der Waals surface area contributed by atoms with E-state index in [-0.39, 0.29) is 6.61 Å². The summed E-state index contributed by atoms with van der Waals surface area (Å²) >= 11 is 0. The first-order valence-corrected chi connectivity index (χ1v) is 6.70. The van der Waals surface area contributed by atoms with E-state index in [1.165, 1.54) is 0 Å². The molecule has 0 spiro atoms. The molecule has 112 valence electrons. The minimum atomic E-state index is -0.481. The van der Waals surface area contributed by atoms with Crippen molar-refractivity contribution >= 4 is 6.09 Å². The van der Waals surface area contributed by atoms with Crippen LogP contribution in [0.15, 0.2) is 24.3 Å². The van der Waals surface area contributed by atoms with E-state index in [0.717, 1.165) is 5.56 Å².